The number of imide groups is 1. The van der Waals surface area contributed by atoms with Crippen molar-refractivity contribution in [2.24, 2.45) is 13.0 Å². The van der Waals surface area contributed by atoms with E-state index in [-0.39, 0.29) is 17.7 Å². The van der Waals surface area contributed by atoms with Gasteiger partial charge in [-0.3, -0.25) is 14.9 Å². The lowest BCUT2D eigenvalue weighted by atomic mass is 9.84. The molecule has 0 bridgehead atoms. The summed E-state index contributed by atoms with van der Waals surface area (Å²) in [5.74, 6) is -0.852. The van der Waals surface area contributed by atoms with E-state index in [1.807, 2.05) is 66.5 Å². The summed E-state index contributed by atoms with van der Waals surface area (Å²) in [5, 5.41) is 13.1. The molecule has 0 saturated carbocycles. The molecule has 0 spiro atoms. The Balaban J connectivity index is 1.72. The zero-order valence-electron chi connectivity index (χ0n) is 17.6. The monoisotopic (exact) mass is 420 g/mol. The van der Waals surface area contributed by atoms with Crippen LogP contribution in [0.2, 0.25) is 0 Å². The minimum atomic E-state index is -0.379. The summed E-state index contributed by atoms with van der Waals surface area (Å²) in [6, 6.07) is 16.2. The van der Waals surface area contributed by atoms with Crippen LogP contribution in [0.4, 0.5) is 0 Å². The van der Waals surface area contributed by atoms with E-state index < -0.39 is 0 Å². The fourth-order valence-corrected chi connectivity index (χ4v) is 5.36. The largest absolute Gasteiger partial charge is 0.350 e. The fraction of sp³-hybridized carbons (Fsp3) is 0.192. The van der Waals surface area contributed by atoms with Crippen molar-refractivity contribution < 1.29 is 9.59 Å². The van der Waals surface area contributed by atoms with Crippen LogP contribution in [0.25, 0.3) is 27.6 Å². The topological polar surface area (TPSA) is 79.3 Å². The highest BCUT2D eigenvalue weighted by atomic mass is 16.2. The Morgan fingerprint density at radius 3 is 2.62 bits per heavy atom. The number of nitriles is 1. The summed E-state index contributed by atoms with van der Waals surface area (Å²) in [6.07, 6.45) is 6.06. The molecule has 32 heavy (non-hydrogen) atoms. The van der Waals surface area contributed by atoms with Crippen LogP contribution >= 0.6 is 0 Å². The Hall–Kier alpha value is -4.11. The lowest BCUT2D eigenvalue weighted by Crippen LogP contribution is -2.23. The average molecular weight is 420 g/mol. The predicted molar refractivity (Wildman–Crippen MR) is 121 cm³/mol. The summed E-state index contributed by atoms with van der Waals surface area (Å²) in [7, 11) is 1.94. The molecule has 0 radical (unpaired) electrons. The van der Waals surface area contributed by atoms with Crippen molar-refractivity contribution in [1.29, 1.82) is 5.26 Å². The van der Waals surface area contributed by atoms with E-state index in [2.05, 4.69) is 15.8 Å². The summed E-state index contributed by atoms with van der Waals surface area (Å²) in [5.41, 5.74) is 6.37. The first-order valence-corrected chi connectivity index (χ1v) is 10.7. The van der Waals surface area contributed by atoms with Gasteiger partial charge in [-0.15, -0.1) is 0 Å². The molecule has 3 aromatic heterocycles. The van der Waals surface area contributed by atoms with Gasteiger partial charge in [-0.1, -0.05) is 24.3 Å². The molecule has 1 aromatic carbocycles. The number of nitrogens with zero attached hydrogens (tertiary/aromatic N) is 3. The highest BCUT2D eigenvalue weighted by Gasteiger charge is 2.38. The molecule has 6 rings (SSSR count). The molecule has 2 aliphatic rings. The van der Waals surface area contributed by atoms with Crippen molar-refractivity contribution in [3.05, 3.63) is 77.2 Å². The van der Waals surface area contributed by atoms with Crippen LogP contribution in [-0.2, 0) is 29.5 Å². The molecule has 6 heteroatoms. The number of rotatable bonds is 2. The second-order valence-electron chi connectivity index (χ2n) is 8.53. The summed E-state index contributed by atoms with van der Waals surface area (Å²) >= 11 is 0. The van der Waals surface area contributed by atoms with E-state index in [0.29, 0.717) is 17.6 Å². The summed E-state index contributed by atoms with van der Waals surface area (Å²) < 4.78 is 4.09. The van der Waals surface area contributed by atoms with Gasteiger partial charge < -0.3 is 8.97 Å². The maximum atomic E-state index is 13.2. The molecule has 4 aromatic rings. The van der Waals surface area contributed by atoms with Gasteiger partial charge in [0.2, 0.25) is 0 Å². The van der Waals surface area contributed by atoms with Gasteiger partial charge in [-0.25, -0.2) is 0 Å². The van der Waals surface area contributed by atoms with Crippen LogP contribution < -0.4 is 5.32 Å². The van der Waals surface area contributed by atoms with Gasteiger partial charge in [0.1, 0.15) is 0 Å². The Morgan fingerprint density at radius 1 is 1.03 bits per heavy atom. The average Bonchev–Trinajstić information content (AvgIpc) is 3.41. The van der Waals surface area contributed by atoms with E-state index in [4.69, 9.17) is 0 Å². The maximum Gasteiger partial charge on any atom is 0.259 e. The van der Waals surface area contributed by atoms with Crippen molar-refractivity contribution in [2.45, 2.75) is 19.3 Å². The van der Waals surface area contributed by atoms with Crippen LogP contribution in [0, 0.1) is 17.2 Å². The molecule has 1 atom stereocenters. The number of aryl methyl sites for hydroxylation is 2. The number of nitrogens with one attached hydrogen (secondary N) is 1. The van der Waals surface area contributed by atoms with Gasteiger partial charge in [0.25, 0.3) is 11.8 Å². The number of hydrogen-bond acceptors (Lipinski definition) is 3. The van der Waals surface area contributed by atoms with Gasteiger partial charge >= 0.3 is 0 Å². The number of aromatic nitrogens is 2. The standard InChI is InChI=1S/C26H20N4O2/c1-29-14-18(16-6-2-3-7-19(16)29)23-24(26(32)28-25(23)31)22-17-12-15(13-27)9-10-20(17)30-11-5-4-8-21(22)30/h2-8,11,14-15H,9-10,12H2,1H3,(H,28,31,32). The van der Waals surface area contributed by atoms with E-state index in [1.54, 1.807) is 0 Å². The number of carbonyl (C=O) groups is 2. The second kappa shape index (κ2) is 6.69. The number of para-hydroxylation sites is 1. The van der Waals surface area contributed by atoms with Gasteiger partial charge in [-0.05, 0) is 43.0 Å². The van der Waals surface area contributed by atoms with Crippen molar-refractivity contribution >= 4 is 39.4 Å². The normalized spacial score (nSPS) is 18.3. The van der Waals surface area contributed by atoms with Gasteiger partial charge in [0.05, 0.1) is 28.7 Å². The molecule has 1 N–H and O–H groups in total. The molecule has 0 fully saturated rings. The molecular weight excluding hydrogens is 400 g/mol. The van der Waals surface area contributed by atoms with E-state index in [0.717, 1.165) is 51.6 Å². The second-order valence-corrected chi connectivity index (χ2v) is 8.53. The molecular formula is C26H20N4O2. The van der Waals surface area contributed by atoms with E-state index in [9.17, 15) is 14.9 Å². The number of fused-ring (bicyclic) bond motifs is 4. The molecule has 2 amide bonds. The minimum absolute atomic E-state index is 0.0968. The number of amides is 2. The SMILES string of the molecule is Cn1cc(C2=C(c3c4c(n5ccccc35)CCC(C#N)C4)C(=O)NC2=O)c2ccccc21. The number of pyridine rings is 1. The first-order valence-electron chi connectivity index (χ1n) is 10.7. The van der Waals surface area contributed by atoms with Gasteiger partial charge in [0, 0.05) is 47.2 Å². The highest BCUT2D eigenvalue weighted by molar-refractivity contribution is 6.50. The number of benzene rings is 1. The van der Waals surface area contributed by atoms with Crippen LogP contribution in [0.15, 0.2) is 54.9 Å². The molecule has 156 valence electrons. The fourth-order valence-electron chi connectivity index (χ4n) is 5.36. The van der Waals surface area contributed by atoms with Crippen molar-refractivity contribution in [2.75, 3.05) is 0 Å². The Morgan fingerprint density at radius 2 is 1.78 bits per heavy atom. The van der Waals surface area contributed by atoms with Crippen LogP contribution in [0.1, 0.15) is 28.8 Å². The molecule has 6 nitrogen and oxygen atoms in total. The third-order valence-corrected chi connectivity index (χ3v) is 6.77. The van der Waals surface area contributed by atoms with E-state index in [1.165, 1.54) is 0 Å². The number of carbonyl (C=O) groups excluding carboxylic acids is 2. The Labute approximate surface area is 184 Å². The quantitative estimate of drug-likeness (QED) is 0.503. The molecule has 1 aliphatic carbocycles. The molecule has 0 saturated heterocycles. The van der Waals surface area contributed by atoms with Crippen molar-refractivity contribution in [1.82, 2.24) is 14.3 Å². The van der Waals surface area contributed by atoms with Crippen molar-refractivity contribution in [3.8, 4) is 6.07 Å². The van der Waals surface area contributed by atoms with Crippen LogP contribution in [0.3, 0.4) is 0 Å². The van der Waals surface area contributed by atoms with Gasteiger partial charge in [-0.2, -0.15) is 5.26 Å². The smallest absolute Gasteiger partial charge is 0.259 e. The summed E-state index contributed by atoms with van der Waals surface area (Å²) in [4.78, 5) is 26.3. The van der Waals surface area contributed by atoms with Crippen LogP contribution in [0.5, 0.6) is 0 Å². The molecule has 1 unspecified atom stereocenters. The minimum Gasteiger partial charge on any atom is -0.350 e. The molecule has 1 aliphatic heterocycles. The first-order chi connectivity index (χ1) is 15.6. The third kappa shape index (κ3) is 2.45. The lowest BCUT2D eigenvalue weighted by Gasteiger charge is -2.18. The van der Waals surface area contributed by atoms with E-state index >= 15 is 0 Å². The predicted octanol–water partition coefficient (Wildman–Crippen LogP) is 3.63. The third-order valence-electron chi connectivity index (χ3n) is 6.77. The van der Waals surface area contributed by atoms with Gasteiger partial charge in [0.15, 0.2) is 0 Å². The maximum absolute atomic E-state index is 13.2. The Kier molecular flexibility index (Phi) is 3.90. The lowest BCUT2D eigenvalue weighted by molar-refractivity contribution is -0.122. The zero-order valence-corrected chi connectivity index (χ0v) is 17.6. The first kappa shape index (κ1) is 18.6. The number of hydrogen-bond donors (Lipinski definition) is 1. The Bertz CT molecular complexity index is 1540. The summed E-state index contributed by atoms with van der Waals surface area (Å²) in [6.45, 7) is 0. The zero-order chi connectivity index (χ0) is 22.0. The van der Waals surface area contributed by atoms with Crippen molar-refractivity contribution in [3.63, 3.8) is 0 Å². The highest BCUT2D eigenvalue weighted by Crippen LogP contribution is 2.42. The molecule has 4 heterocycles. The van der Waals surface area contributed by atoms with Crippen LogP contribution in [-0.4, -0.2) is 20.8 Å².